The van der Waals surface area contributed by atoms with Crippen molar-refractivity contribution in [2.75, 3.05) is 19.8 Å². The van der Waals surface area contributed by atoms with Gasteiger partial charge in [0.25, 0.3) is 0 Å². The van der Waals surface area contributed by atoms with E-state index in [1.165, 1.54) is 19.3 Å². The molecular formula is C14H25NO3. The fourth-order valence-corrected chi connectivity index (χ4v) is 3.26. The standard InChI is InChI=1S/C14H25NO3/c1-2-15-12-6-7-14(16-8-9-17-14)10-13(12)18-11-4-3-5-11/h11-13,15H,2-10H2,1H3. The summed E-state index contributed by atoms with van der Waals surface area (Å²) in [5, 5.41) is 3.56. The van der Waals surface area contributed by atoms with Gasteiger partial charge < -0.3 is 19.5 Å². The maximum Gasteiger partial charge on any atom is 0.171 e. The van der Waals surface area contributed by atoms with Gasteiger partial charge >= 0.3 is 0 Å². The van der Waals surface area contributed by atoms with Gasteiger partial charge in [0.1, 0.15) is 0 Å². The van der Waals surface area contributed by atoms with Crippen LogP contribution in [0.1, 0.15) is 45.4 Å². The second-order valence-electron chi connectivity index (χ2n) is 5.74. The molecule has 0 radical (unpaired) electrons. The molecule has 0 aromatic carbocycles. The third-order valence-corrected chi connectivity index (χ3v) is 4.50. The van der Waals surface area contributed by atoms with Crippen molar-refractivity contribution in [1.29, 1.82) is 0 Å². The van der Waals surface area contributed by atoms with Crippen LogP contribution in [0.2, 0.25) is 0 Å². The van der Waals surface area contributed by atoms with Crippen molar-refractivity contribution in [2.45, 2.75) is 69.5 Å². The fourth-order valence-electron chi connectivity index (χ4n) is 3.26. The summed E-state index contributed by atoms with van der Waals surface area (Å²) in [6.45, 7) is 4.64. The highest BCUT2D eigenvalue weighted by atomic mass is 16.7. The molecule has 1 saturated heterocycles. The topological polar surface area (TPSA) is 39.7 Å². The summed E-state index contributed by atoms with van der Waals surface area (Å²) < 4.78 is 17.9. The highest BCUT2D eigenvalue weighted by Crippen LogP contribution is 2.38. The summed E-state index contributed by atoms with van der Waals surface area (Å²) in [6, 6.07) is 0.467. The first-order valence-electron chi connectivity index (χ1n) is 7.48. The van der Waals surface area contributed by atoms with E-state index in [0.29, 0.717) is 12.1 Å². The van der Waals surface area contributed by atoms with Crippen LogP contribution in [-0.4, -0.2) is 43.8 Å². The number of nitrogens with one attached hydrogen (secondary N) is 1. The molecule has 1 N–H and O–H groups in total. The van der Waals surface area contributed by atoms with E-state index in [2.05, 4.69) is 12.2 Å². The number of ether oxygens (including phenoxy) is 3. The zero-order valence-electron chi connectivity index (χ0n) is 11.3. The largest absolute Gasteiger partial charge is 0.373 e. The molecule has 104 valence electrons. The minimum Gasteiger partial charge on any atom is -0.373 e. The van der Waals surface area contributed by atoms with Crippen LogP contribution in [0.4, 0.5) is 0 Å². The maximum atomic E-state index is 6.26. The number of hydrogen-bond acceptors (Lipinski definition) is 4. The fraction of sp³-hybridized carbons (Fsp3) is 1.00. The summed E-state index contributed by atoms with van der Waals surface area (Å²) in [7, 11) is 0. The lowest BCUT2D eigenvalue weighted by molar-refractivity contribution is -0.216. The van der Waals surface area contributed by atoms with Gasteiger partial charge in [0.2, 0.25) is 0 Å². The molecule has 0 aromatic heterocycles. The molecule has 2 saturated carbocycles. The minimum atomic E-state index is -0.333. The Labute approximate surface area is 109 Å². The van der Waals surface area contributed by atoms with Crippen LogP contribution in [0.25, 0.3) is 0 Å². The van der Waals surface area contributed by atoms with Crippen molar-refractivity contribution < 1.29 is 14.2 Å². The first-order chi connectivity index (χ1) is 8.81. The first kappa shape index (κ1) is 12.9. The molecule has 2 aliphatic carbocycles. The van der Waals surface area contributed by atoms with Crippen molar-refractivity contribution in [3.8, 4) is 0 Å². The van der Waals surface area contributed by atoms with E-state index in [1.54, 1.807) is 0 Å². The summed E-state index contributed by atoms with van der Waals surface area (Å²) in [5.74, 6) is -0.333. The average Bonchev–Trinajstić information content (AvgIpc) is 2.76. The molecule has 3 rings (SSSR count). The molecule has 1 spiro atoms. The van der Waals surface area contributed by atoms with Crippen molar-refractivity contribution in [1.82, 2.24) is 5.32 Å². The molecule has 0 bridgehead atoms. The van der Waals surface area contributed by atoms with Crippen LogP contribution in [0.3, 0.4) is 0 Å². The van der Waals surface area contributed by atoms with Gasteiger partial charge in [-0.1, -0.05) is 6.92 Å². The summed E-state index contributed by atoms with van der Waals surface area (Å²) >= 11 is 0. The third kappa shape index (κ3) is 2.57. The molecule has 3 fully saturated rings. The average molecular weight is 255 g/mol. The molecule has 4 heteroatoms. The van der Waals surface area contributed by atoms with Gasteiger partial charge in [0.05, 0.1) is 25.4 Å². The lowest BCUT2D eigenvalue weighted by atomic mass is 9.86. The van der Waals surface area contributed by atoms with Crippen LogP contribution in [0, 0.1) is 0 Å². The quantitative estimate of drug-likeness (QED) is 0.832. The van der Waals surface area contributed by atoms with E-state index in [-0.39, 0.29) is 11.9 Å². The van der Waals surface area contributed by atoms with E-state index in [0.717, 1.165) is 39.0 Å². The molecule has 2 atom stereocenters. The van der Waals surface area contributed by atoms with Gasteiger partial charge in [0, 0.05) is 18.9 Å². The van der Waals surface area contributed by atoms with Crippen LogP contribution >= 0.6 is 0 Å². The second-order valence-corrected chi connectivity index (χ2v) is 5.74. The highest BCUT2D eigenvalue weighted by Gasteiger charge is 2.46. The molecule has 3 aliphatic rings. The van der Waals surface area contributed by atoms with Crippen molar-refractivity contribution in [3.05, 3.63) is 0 Å². The third-order valence-electron chi connectivity index (χ3n) is 4.50. The van der Waals surface area contributed by atoms with E-state index < -0.39 is 0 Å². The Kier molecular flexibility index (Phi) is 3.89. The van der Waals surface area contributed by atoms with Gasteiger partial charge in [0.15, 0.2) is 5.79 Å². The zero-order valence-corrected chi connectivity index (χ0v) is 11.3. The molecule has 2 unspecified atom stereocenters. The first-order valence-corrected chi connectivity index (χ1v) is 7.48. The van der Waals surface area contributed by atoms with Gasteiger partial charge in [-0.25, -0.2) is 0 Å². The Morgan fingerprint density at radius 1 is 1.22 bits per heavy atom. The SMILES string of the molecule is CCNC1CCC2(CC1OC1CCC1)OCCO2. The predicted molar refractivity (Wildman–Crippen MR) is 68.5 cm³/mol. The smallest absolute Gasteiger partial charge is 0.171 e. The lowest BCUT2D eigenvalue weighted by Crippen LogP contribution is -2.53. The van der Waals surface area contributed by atoms with Crippen molar-refractivity contribution in [2.24, 2.45) is 0 Å². The monoisotopic (exact) mass is 255 g/mol. The summed E-state index contributed by atoms with van der Waals surface area (Å²) in [5.41, 5.74) is 0. The van der Waals surface area contributed by atoms with Crippen LogP contribution < -0.4 is 5.32 Å². The Morgan fingerprint density at radius 3 is 2.61 bits per heavy atom. The van der Waals surface area contributed by atoms with Crippen LogP contribution in [0.5, 0.6) is 0 Å². The minimum absolute atomic E-state index is 0.252. The van der Waals surface area contributed by atoms with Gasteiger partial charge in [-0.15, -0.1) is 0 Å². The predicted octanol–water partition coefficient (Wildman–Crippen LogP) is 1.83. The van der Waals surface area contributed by atoms with E-state index in [1.807, 2.05) is 0 Å². The normalized spacial score (nSPS) is 35.8. The van der Waals surface area contributed by atoms with E-state index in [4.69, 9.17) is 14.2 Å². The summed E-state index contributed by atoms with van der Waals surface area (Å²) in [4.78, 5) is 0. The molecule has 0 amide bonds. The van der Waals surface area contributed by atoms with Crippen molar-refractivity contribution in [3.63, 3.8) is 0 Å². The Morgan fingerprint density at radius 2 is 2.00 bits per heavy atom. The van der Waals surface area contributed by atoms with Gasteiger partial charge in [-0.3, -0.25) is 0 Å². The van der Waals surface area contributed by atoms with E-state index in [9.17, 15) is 0 Å². The van der Waals surface area contributed by atoms with Crippen molar-refractivity contribution >= 4 is 0 Å². The maximum absolute atomic E-state index is 6.26. The Bertz CT molecular complexity index is 274. The highest BCUT2D eigenvalue weighted by molar-refractivity contribution is 4.93. The molecular weight excluding hydrogens is 230 g/mol. The number of hydrogen-bond donors (Lipinski definition) is 1. The molecule has 1 heterocycles. The van der Waals surface area contributed by atoms with Crippen LogP contribution in [0.15, 0.2) is 0 Å². The zero-order chi connectivity index (χ0) is 12.4. The molecule has 0 aromatic rings. The number of likely N-dealkylation sites (N-methyl/N-ethyl adjacent to an activating group) is 1. The summed E-state index contributed by atoms with van der Waals surface area (Å²) in [6.07, 6.45) is 7.48. The Balaban J connectivity index is 1.62. The molecule has 4 nitrogen and oxygen atoms in total. The Hall–Kier alpha value is -0.160. The van der Waals surface area contributed by atoms with Gasteiger partial charge in [-0.2, -0.15) is 0 Å². The lowest BCUT2D eigenvalue weighted by Gasteiger charge is -2.43. The molecule has 1 aliphatic heterocycles. The number of rotatable bonds is 4. The van der Waals surface area contributed by atoms with Crippen LogP contribution in [-0.2, 0) is 14.2 Å². The van der Waals surface area contributed by atoms with Gasteiger partial charge in [-0.05, 0) is 32.2 Å². The molecule has 18 heavy (non-hydrogen) atoms. The van der Waals surface area contributed by atoms with E-state index >= 15 is 0 Å². The second kappa shape index (κ2) is 5.45.